The van der Waals surface area contributed by atoms with Gasteiger partial charge in [-0.1, -0.05) is 67.4 Å². The summed E-state index contributed by atoms with van der Waals surface area (Å²) in [4.78, 5) is 81.7. The predicted octanol–water partition coefficient (Wildman–Crippen LogP) is 9.85. The number of H-pyrrole nitrogens is 1. The van der Waals surface area contributed by atoms with Crippen LogP contribution in [0.15, 0.2) is 20.9 Å². The summed E-state index contributed by atoms with van der Waals surface area (Å²) in [6.07, 6.45) is 9.90. The van der Waals surface area contributed by atoms with Crippen molar-refractivity contribution in [3.8, 4) is 0 Å². The summed E-state index contributed by atoms with van der Waals surface area (Å²) < 4.78 is 25.4. The lowest BCUT2D eigenvalue weighted by atomic mass is 9.32. The van der Waals surface area contributed by atoms with E-state index in [1.54, 1.807) is 20.8 Å². The number of aromatic nitrogens is 2. The van der Waals surface area contributed by atoms with Crippen LogP contribution in [-0.2, 0) is 38.1 Å². The Morgan fingerprint density at radius 2 is 1.57 bits per heavy atom. The van der Waals surface area contributed by atoms with Crippen molar-refractivity contribution in [1.29, 1.82) is 0 Å². The summed E-state index contributed by atoms with van der Waals surface area (Å²) in [5.41, 5.74) is 6.30. The first-order valence-corrected chi connectivity index (χ1v) is 25.8. The van der Waals surface area contributed by atoms with Crippen LogP contribution in [0.3, 0.4) is 0 Å². The summed E-state index contributed by atoms with van der Waals surface area (Å²) >= 11 is 0. The fraction of sp³-hybridized carbons (Fsp3) is 0.849. The molecule has 384 valence electrons. The third-order valence-electron chi connectivity index (χ3n) is 19.9. The summed E-state index contributed by atoms with van der Waals surface area (Å²) in [7, 11) is 0. The molecule has 2 heterocycles. The number of aryl methyl sites for hydroxylation is 1. The fourth-order valence-corrected chi connectivity index (χ4v) is 16.0. The van der Waals surface area contributed by atoms with E-state index in [0.717, 1.165) is 64.2 Å². The molecule has 0 amide bonds. The number of carbonyl (C=O) groups excluding carboxylic acids is 3. The number of azide groups is 1. The van der Waals surface area contributed by atoms with Gasteiger partial charge in [-0.15, -0.1) is 0 Å². The maximum atomic E-state index is 13.8. The van der Waals surface area contributed by atoms with Crippen LogP contribution in [0.1, 0.15) is 178 Å². The highest BCUT2D eigenvalue weighted by atomic mass is 16.6. The molecule has 6 aliphatic rings. The average Bonchev–Trinajstić information content (AvgIpc) is 3.83. The molecule has 5 aliphatic carbocycles. The van der Waals surface area contributed by atoms with Crippen LogP contribution in [0.4, 0.5) is 0 Å². The first-order valence-electron chi connectivity index (χ1n) is 25.8. The zero-order valence-electron chi connectivity index (χ0n) is 43.5. The minimum Gasteiger partial charge on any atom is -0.481 e. The van der Waals surface area contributed by atoms with Crippen molar-refractivity contribution in [2.24, 2.45) is 78.5 Å². The van der Waals surface area contributed by atoms with E-state index in [1.807, 2.05) is 13.8 Å². The first kappa shape index (κ1) is 52.6. The quantitative estimate of drug-likeness (QED) is 0.0552. The Kier molecular flexibility index (Phi) is 14.3. The molecule has 0 radical (unpaired) electrons. The van der Waals surface area contributed by atoms with E-state index in [9.17, 15) is 39.4 Å². The number of carbonyl (C=O) groups is 4. The zero-order chi connectivity index (χ0) is 50.9. The molecular weight excluding hydrogens is 883 g/mol. The topological polar surface area (TPSA) is 229 Å². The number of rotatable bonds is 15. The SMILES string of the molecule is Cc1cn([C@H]2CC(N=[N+]=[N-])[C@@H](COC(=O)CC(C)(C)CC(=O)OC[C@]34CC[C@@H](C(C)C)[C@@H]3[C@H]3CC[C@@H]5[C@@]6(C)CC[C@H](OC(=O)CC(C)(C)C(=O)O)C(C)(C)[C@@H]6CC[C@@]5(C)[C@]3(C)CC4)O2)c(=O)[nH]c1=O. The predicted molar refractivity (Wildman–Crippen MR) is 257 cm³/mol. The van der Waals surface area contributed by atoms with Gasteiger partial charge in [-0.2, -0.15) is 0 Å². The molecule has 1 saturated heterocycles. The molecule has 1 aliphatic heterocycles. The van der Waals surface area contributed by atoms with Gasteiger partial charge in [-0.3, -0.25) is 33.5 Å². The molecule has 16 nitrogen and oxygen atoms in total. The molecule has 1 unspecified atom stereocenters. The minimum absolute atomic E-state index is 0.0334. The van der Waals surface area contributed by atoms with Crippen LogP contribution in [0.5, 0.6) is 0 Å². The zero-order valence-corrected chi connectivity index (χ0v) is 43.5. The third kappa shape index (κ3) is 9.55. The van der Waals surface area contributed by atoms with Gasteiger partial charge in [0, 0.05) is 33.9 Å². The van der Waals surface area contributed by atoms with Crippen LogP contribution >= 0.6 is 0 Å². The van der Waals surface area contributed by atoms with Gasteiger partial charge in [-0.25, -0.2) is 4.79 Å². The van der Waals surface area contributed by atoms with Crippen LogP contribution < -0.4 is 11.2 Å². The number of hydrogen-bond acceptors (Lipinski definition) is 11. The highest BCUT2D eigenvalue weighted by Crippen LogP contribution is 2.77. The summed E-state index contributed by atoms with van der Waals surface area (Å²) in [6, 6.07) is -0.719. The van der Waals surface area contributed by atoms with Gasteiger partial charge in [0.15, 0.2) is 0 Å². The molecule has 2 N–H and O–H groups in total. The molecule has 13 atom stereocenters. The van der Waals surface area contributed by atoms with Crippen molar-refractivity contribution >= 4 is 23.9 Å². The molecule has 5 saturated carbocycles. The fourth-order valence-electron chi connectivity index (χ4n) is 16.0. The molecule has 0 aromatic carbocycles. The highest BCUT2D eigenvalue weighted by molar-refractivity contribution is 5.81. The average molecular weight is 964 g/mol. The number of carboxylic acid groups (broad SMARTS) is 1. The number of hydrogen-bond donors (Lipinski definition) is 2. The summed E-state index contributed by atoms with van der Waals surface area (Å²) in [6.45, 7) is 25.6. The molecule has 6 fully saturated rings. The number of nitrogens with zero attached hydrogens (tertiary/aromatic N) is 4. The number of esters is 3. The Morgan fingerprint density at radius 3 is 2.22 bits per heavy atom. The lowest BCUT2D eigenvalue weighted by Gasteiger charge is -2.73. The van der Waals surface area contributed by atoms with Crippen molar-refractivity contribution in [2.45, 2.75) is 197 Å². The van der Waals surface area contributed by atoms with E-state index in [2.05, 4.69) is 63.5 Å². The maximum absolute atomic E-state index is 13.8. The Morgan fingerprint density at radius 1 is 0.884 bits per heavy atom. The van der Waals surface area contributed by atoms with Gasteiger partial charge in [0.2, 0.25) is 0 Å². The van der Waals surface area contributed by atoms with Crippen molar-refractivity contribution < 1.29 is 43.2 Å². The second-order valence-electron chi connectivity index (χ2n) is 25.7. The maximum Gasteiger partial charge on any atom is 0.330 e. The number of carboxylic acids is 1. The van der Waals surface area contributed by atoms with Crippen LogP contribution in [0.2, 0.25) is 0 Å². The molecule has 7 rings (SSSR count). The minimum atomic E-state index is -1.18. The highest BCUT2D eigenvalue weighted by Gasteiger charge is 2.71. The van der Waals surface area contributed by atoms with E-state index >= 15 is 0 Å². The summed E-state index contributed by atoms with van der Waals surface area (Å²) in [5.74, 6) is 0.522. The Balaban J connectivity index is 0.983. The lowest BCUT2D eigenvalue weighted by Crippen LogP contribution is -2.67. The molecular formula is C53H81N5O11. The van der Waals surface area contributed by atoms with E-state index < -0.39 is 58.4 Å². The first-order chi connectivity index (χ1) is 32.0. The molecule has 16 heteroatoms. The van der Waals surface area contributed by atoms with Gasteiger partial charge in [0.1, 0.15) is 25.0 Å². The number of aliphatic carboxylic acids is 1. The Labute approximate surface area is 407 Å². The van der Waals surface area contributed by atoms with Crippen molar-refractivity contribution in [2.75, 3.05) is 13.2 Å². The Bertz CT molecular complexity index is 2330. The number of fused-ring (bicyclic) bond motifs is 7. The molecule has 1 aromatic rings. The van der Waals surface area contributed by atoms with Crippen LogP contribution in [0.25, 0.3) is 10.4 Å². The largest absolute Gasteiger partial charge is 0.481 e. The second-order valence-corrected chi connectivity index (χ2v) is 25.7. The number of aromatic amines is 1. The smallest absolute Gasteiger partial charge is 0.330 e. The van der Waals surface area contributed by atoms with Crippen LogP contribution in [0, 0.1) is 80.3 Å². The van der Waals surface area contributed by atoms with Crippen molar-refractivity contribution in [1.82, 2.24) is 9.55 Å². The normalized spacial score (nSPS) is 37.0. The van der Waals surface area contributed by atoms with E-state index in [0.29, 0.717) is 47.7 Å². The molecule has 0 bridgehead atoms. The van der Waals surface area contributed by atoms with E-state index in [-0.39, 0.29) is 71.4 Å². The Hall–Kier alpha value is -4.17. The van der Waals surface area contributed by atoms with Gasteiger partial charge in [0.05, 0.1) is 37.3 Å². The molecule has 1 aromatic heterocycles. The van der Waals surface area contributed by atoms with Crippen molar-refractivity contribution in [3.63, 3.8) is 0 Å². The van der Waals surface area contributed by atoms with Gasteiger partial charge >= 0.3 is 29.6 Å². The monoisotopic (exact) mass is 964 g/mol. The van der Waals surface area contributed by atoms with E-state index in [4.69, 9.17) is 18.9 Å². The van der Waals surface area contributed by atoms with Gasteiger partial charge in [-0.05, 0) is 148 Å². The van der Waals surface area contributed by atoms with Crippen LogP contribution in [-0.4, -0.2) is 70.0 Å². The number of ether oxygens (including phenoxy) is 4. The van der Waals surface area contributed by atoms with Crippen molar-refractivity contribution in [3.05, 3.63) is 43.0 Å². The van der Waals surface area contributed by atoms with Gasteiger partial charge in [0.25, 0.3) is 5.56 Å². The summed E-state index contributed by atoms with van der Waals surface area (Å²) in [5, 5.41) is 13.5. The van der Waals surface area contributed by atoms with E-state index in [1.165, 1.54) is 10.8 Å². The lowest BCUT2D eigenvalue weighted by molar-refractivity contribution is -0.253. The molecule has 69 heavy (non-hydrogen) atoms. The molecule has 0 spiro atoms. The second kappa shape index (κ2) is 18.8. The third-order valence-corrected chi connectivity index (χ3v) is 19.9. The number of nitrogens with one attached hydrogen (secondary N) is 1. The standard InChI is InChI=1S/C53H81N5O11/c1-30(2)32-15-20-53(29-67-41(60)25-47(4,5)24-40(59)66-28-35-34(56-57-54)23-39(68-35)58-27-31(3)44(62)55-46(58)65)22-21-51(11)33(43(32)53)13-14-37-50(10)18-17-38(69-42(61)26-48(6,7)45(63)64)49(8,9)36(50)16-19-52(37,51)12/h27,30,32-39,43H,13-26,28-29H2,1-12H3,(H,63,64)(H,55,62,65)/t32-,33+,34?,35+,36-,37+,38-,39+,43+,50-,51+,52+,53+/m0/s1. The van der Waals surface area contributed by atoms with Gasteiger partial charge < -0.3 is 24.1 Å².